The van der Waals surface area contributed by atoms with Gasteiger partial charge in [-0.05, 0) is 32.9 Å². The Morgan fingerprint density at radius 3 is 2.42 bits per heavy atom. The van der Waals surface area contributed by atoms with E-state index in [1.165, 1.54) is 4.31 Å². The van der Waals surface area contributed by atoms with E-state index in [4.69, 9.17) is 0 Å². The summed E-state index contributed by atoms with van der Waals surface area (Å²) in [5.41, 5.74) is 0. The number of nitrogens with zero attached hydrogens (tertiary/aromatic N) is 1. The van der Waals surface area contributed by atoms with E-state index < -0.39 is 19.9 Å². The molecule has 1 unspecified atom stereocenters. The van der Waals surface area contributed by atoms with Crippen LogP contribution < -0.4 is 5.32 Å². The monoisotopic (exact) mass is 312 g/mol. The molecule has 0 aromatic carbocycles. The summed E-state index contributed by atoms with van der Waals surface area (Å²) in [5, 5.41) is 3.03. The van der Waals surface area contributed by atoms with E-state index in [1.807, 2.05) is 7.05 Å². The lowest BCUT2D eigenvalue weighted by Crippen LogP contribution is -2.46. The van der Waals surface area contributed by atoms with Crippen molar-refractivity contribution in [2.45, 2.75) is 31.7 Å². The van der Waals surface area contributed by atoms with Crippen molar-refractivity contribution in [3.63, 3.8) is 0 Å². The fraction of sp³-hybridized carbons (Fsp3) is 1.00. The van der Waals surface area contributed by atoms with Gasteiger partial charge in [-0.25, -0.2) is 16.8 Å². The summed E-state index contributed by atoms with van der Waals surface area (Å²) >= 11 is 0. The molecule has 0 aliphatic carbocycles. The molecule has 0 bridgehead atoms. The van der Waals surface area contributed by atoms with E-state index in [9.17, 15) is 16.8 Å². The summed E-state index contributed by atoms with van der Waals surface area (Å²) in [6, 6.07) is 0.00533. The largest absolute Gasteiger partial charge is 0.320 e. The quantitative estimate of drug-likeness (QED) is 0.705. The molecule has 0 aromatic heterocycles. The topological polar surface area (TPSA) is 83.6 Å². The Kier molecular flexibility index (Phi) is 6.22. The first kappa shape index (κ1) is 16.9. The van der Waals surface area contributed by atoms with E-state index in [2.05, 4.69) is 5.32 Å². The molecule has 1 saturated heterocycles. The second-order valence-corrected chi connectivity index (χ2v) is 9.40. The molecular weight excluding hydrogens is 288 g/mol. The zero-order valence-corrected chi connectivity index (χ0v) is 13.3. The maximum atomic E-state index is 12.2. The average Bonchev–Trinajstić information content (AvgIpc) is 2.34. The summed E-state index contributed by atoms with van der Waals surface area (Å²) < 4.78 is 48.2. The molecule has 0 radical (unpaired) electrons. The predicted octanol–water partition coefficient (Wildman–Crippen LogP) is -0.175. The van der Waals surface area contributed by atoms with Crippen LogP contribution in [0.2, 0.25) is 0 Å². The molecule has 0 amide bonds. The third-order valence-corrected chi connectivity index (χ3v) is 6.49. The van der Waals surface area contributed by atoms with Crippen molar-refractivity contribution in [1.82, 2.24) is 9.62 Å². The first-order chi connectivity index (χ1) is 8.76. The Bertz CT molecular complexity index is 473. The molecule has 1 atom stereocenters. The molecule has 8 heteroatoms. The highest BCUT2D eigenvalue weighted by molar-refractivity contribution is 7.93. The van der Waals surface area contributed by atoms with E-state index in [0.717, 1.165) is 38.5 Å². The Balaban J connectivity index is 2.72. The Morgan fingerprint density at radius 2 is 1.84 bits per heavy atom. The van der Waals surface area contributed by atoms with Gasteiger partial charge in [0.25, 0.3) is 0 Å². The van der Waals surface area contributed by atoms with Crippen LogP contribution in [-0.2, 0) is 19.9 Å². The van der Waals surface area contributed by atoms with E-state index in [0.29, 0.717) is 6.54 Å². The van der Waals surface area contributed by atoms with Crippen molar-refractivity contribution >= 4 is 19.9 Å². The zero-order valence-electron chi connectivity index (χ0n) is 11.6. The predicted molar refractivity (Wildman–Crippen MR) is 76.4 cm³/mol. The molecule has 1 aliphatic heterocycles. The van der Waals surface area contributed by atoms with E-state index >= 15 is 0 Å². The maximum absolute atomic E-state index is 12.2. The summed E-state index contributed by atoms with van der Waals surface area (Å²) in [4.78, 5) is 0. The van der Waals surface area contributed by atoms with E-state index in [-0.39, 0.29) is 17.5 Å². The van der Waals surface area contributed by atoms with Crippen LogP contribution in [0, 0.1) is 0 Å². The Hall–Kier alpha value is -0.180. The summed E-state index contributed by atoms with van der Waals surface area (Å²) in [6.07, 6.45) is 4.59. The lowest BCUT2D eigenvalue weighted by atomic mass is 10.0. The number of sulfone groups is 1. The highest BCUT2D eigenvalue weighted by atomic mass is 32.2. The van der Waals surface area contributed by atoms with Gasteiger partial charge < -0.3 is 5.32 Å². The van der Waals surface area contributed by atoms with Crippen LogP contribution >= 0.6 is 0 Å². The second kappa shape index (κ2) is 7.01. The molecular formula is C11H24N2O4S2. The number of rotatable bonds is 7. The molecule has 6 nitrogen and oxygen atoms in total. The fourth-order valence-electron chi connectivity index (χ4n) is 2.31. The normalized spacial score (nSPS) is 22.5. The number of hydrogen-bond donors (Lipinski definition) is 1. The average molecular weight is 312 g/mol. The van der Waals surface area contributed by atoms with Gasteiger partial charge in [0.05, 0.1) is 11.5 Å². The van der Waals surface area contributed by atoms with Gasteiger partial charge in [-0.1, -0.05) is 6.42 Å². The Labute approximate surface area is 116 Å². The molecule has 19 heavy (non-hydrogen) atoms. The van der Waals surface area contributed by atoms with Crippen molar-refractivity contribution in [2.24, 2.45) is 0 Å². The number of sulfonamides is 1. The van der Waals surface area contributed by atoms with Crippen molar-refractivity contribution in [3.8, 4) is 0 Å². The second-order valence-electron chi connectivity index (χ2n) is 5.10. The first-order valence-electron chi connectivity index (χ1n) is 6.58. The third kappa shape index (κ3) is 5.76. The van der Waals surface area contributed by atoms with Crippen LogP contribution in [0.4, 0.5) is 0 Å². The molecule has 1 aliphatic rings. The zero-order chi connectivity index (χ0) is 14.5. The van der Waals surface area contributed by atoms with Gasteiger partial charge in [0.15, 0.2) is 0 Å². The van der Waals surface area contributed by atoms with Crippen LogP contribution in [-0.4, -0.2) is 65.1 Å². The van der Waals surface area contributed by atoms with Gasteiger partial charge in [-0.15, -0.1) is 0 Å². The van der Waals surface area contributed by atoms with Crippen LogP contribution in [0.3, 0.4) is 0 Å². The van der Waals surface area contributed by atoms with Gasteiger partial charge in [0.2, 0.25) is 10.0 Å². The molecule has 0 aromatic rings. The Morgan fingerprint density at radius 1 is 1.16 bits per heavy atom. The van der Waals surface area contributed by atoms with Crippen LogP contribution in [0.15, 0.2) is 0 Å². The van der Waals surface area contributed by atoms with Gasteiger partial charge >= 0.3 is 0 Å². The minimum atomic E-state index is -3.47. The minimum Gasteiger partial charge on any atom is -0.320 e. The van der Waals surface area contributed by atoms with Crippen molar-refractivity contribution in [3.05, 3.63) is 0 Å². The standard InChI is InChI=1S/C11H24N2O4S2/c1-12-7-6-11-5-3-4-8-13(11)19(16,17)10-9-18(2,14)15/h11-12H,3-10H2,1-2H3. The van der Waals surface area contributed by atoms with Gasteiger partial charge in [-0.3, -0.25) is 0 Å². The third-order valence-electron chi connectivity index (χ3n) is 3.37. The van der Waals surface area contributed by atoms with Crippen molar-refractivity contribution in [1.29, 1.82) is 0 Å². The van der Waals surface area contributed by atoms with Crippen LogP contribution in [0.25, 0.3) is 0 Å². The SMILES string of the molecule is CNCCC1CCCCN1S(=O)(=O)CCS(C)(=O)=O. The minimum absolute atomic E-state index is 0.00533. The lowest BCUT2D eigenvalue weighted by Gasteiger charge is -2.34. The van der Waals surface area contributed by atoms with Crippen molar-refractivity contribution in [2.75, 3.05) is 37.9 Å². The molecule has 1 heterocycles. The number of hydrogen-bond acceptors (Lipinski definition) is 5. The smallest absolute Gasteiger partial charge is 0.215 e. The number of piperidine rings is 1. The summed E-state index contributed by atoms with van der Waals surface area (Å²) in [6.45, 7) is 1.28. The summed E-state index contributed by atoms with van der Waals surface area (Å²) in [5.74, 6) is -0.605. The molecule has 1 fully saturated rings. The highest BCUT2D eigenvalue weighted by Gasteiger charge is 2.32. The van der Waals surface area contributed by atoms with Gasteiger partial charge in [0.1, 0.15) is 9.84 Å². The first-order valence-corrected chi connectivity index (χ1v) is 10.2. The molecule has 1 N–H and O–H groups in total. The maximum Gasteiger partial charge on any atom is 0.215 e. The lowest BCUT2D eigenvalue weighted by molar-refractivity contribution is 0.241. The van der Waals surface area contributed by atoms with E-state index in [1.54, 1.807) is 0 Å². The van der Waals surface area contributed by atoms with Crippen LogP contribution in [0.5, 0.6) is 0 Å². The molecule has 1 rings (SSSR count). The molecule has 0 saturated carbocycles. The molecule has 0 spiro atoms. The van der Waals surface area contributed by atoms with Gasteiger partial charge in [0, 0.05) is 18.8 Å². The van der Waals surface area contributed by atoms with Crippen molar-refractivity contribution < 1.29 is 16.8 Å². The fourth-order valence-corrected chi connectivity index (χ4v) is 5.67. The molecule has 114 valence electrons. The van der Waals surface area contributed by atoms with Gasteiger partial charge in [-0.2, -0.15) is 4.31 Å². The number of nitrogens with one attached hydrogen (secondary N) is 1. The summed E-state index contributed by atoms with van der Waals surface area (Å²) in [7, 11) is -4.88. The van der Waals surface area contributed by atoms with Crippen LogP contribution in [0.1, 0.15) is 25.7 Å². The highest BCUT2D eigenvalue weighted by Crippen LogP contribution is 2.23.